The lowest BCUT2D eigenvalue weighted by atomic mass is 10.1. The molecule has 2 aromatic carbocycles. The van der Waals surface area contributed by atoms with E-state index in [0.717, 1.165) is 22.7 Å². The minimum absolute atomic E-state index is 0.0143. The van der Waals surface area contributed by atoms with E-state index in [9.17, 15) is 9.59 Å². The molecule has 31 heavy (non-hydrogen) atoms. The van der Waals surface area contributed by atoms with Crippen molar-refractivity contribution in [2.45, 2.75) is 43.7 Å². The van der Waals surface area contributed by atoms with Gasteiger partial charge in [-0.3, -0.25) is 14.5 Å². The van der Waals surface area contributed by atoms with Crippen molar-refractivity contribution < 1.29 is 9.59 Å². The second-order valence-electron chi connectivity index (χ2n) is 8.48. The van der Waals surface area contributed by atoms with Crippen molar-refractivity contribution in [1.29, 1.82) is 0 Å². The van der Waals surface area contributed by atoms with Crippen LogP contribution in [0.25, 0.3) is 0 Å². The minimum atomic E-state index is -0.302. The maximum absolute atomic E-state index is 12.7. The van der Waals surface area contributed by atoms with Gasteiger partial charge in [-0.2, -0.15) is 0 Å². The number of nitrogens with one attached hydrogen (secondary N) is 1. The smallest absolute Gasteiger partial charge is 0.227 e. The SMILES string of the molecule is CSc1cccc(N2CC(C(=O)NCc3ccc(CN4CCCCC4)cc3)CC2=O)c1. The molecule has 1 atom stereocenters. The monoisotopic (exact) mass is 437 g/mol. The van der Waals surface area contributed by atoms with Gasteiger partial charge in [0.15, 0.2) is 0 Å². The number of hydrogen-bond donors (Lipinski definition) is 1. The predicted molar refractivity (Wildman–Crippen MR) is 126 cm³/mol. The van der Waals surface area contributed by atoms with Gasteiger partial charge in [0.1, 0.15) is 0 Å². The molecule has 0 saturated carbocycles. The molecular formula is C25H31N3O2S. The van der Waals surface area contributed by atoms with Gasteiger partial charge in [0.2, 0.25) is 11.8 Å². The predicted octanol–water partition coefficient (Wildman–Crippen LogP) is 4.06. The second-order valence-corrected chi connectivity index (χ2v) is 9.36. The average Bonchev–Trinajstić information content (AvgIpc) is 3.21. The van der Waals surface area contributed by atoms with E-state index in [1.54, 1.807) is 16.7 Å². The van der Waals surface area contributed by atoms with E-state index in [2.05, 4.69) is 34.5 Å². The van der Waals surface area contributed by atoms with Crippen molar-refractivity contribution in [3.05, 3.63) is 59.7 Å². The number of hydrogen-bond acceptors (Lipinski definition) is 4. The van der Waals surface area contributed by atoms with Crippen molar-refractivity contribution in [3.63, 3.8) is 0 Å². The van der Waals surface area contributed by atoms with E-state index >= 15 is 0 Å². The van der Waals surface area contributed by atoms with Gasteiger partial charge in [-0.1, -0.05) is 36.8 Å². The van der Waals surface area contributed by atoms with Gasteiger partial charge in [-0.05, 0) is 61.5 Å². The summed E-state index contributed by atoms with van der Waals surface area (Å²) in [5.41, 5.74) is 3.28. The first-order valence-electron chi connectivity index (χ1n) is 11.1. The van der Waals surface area contributed by atoms with Crippen LogP contribution in [0.15, 0.2) is 53.4 Å². The van der Waals surface area contributed by atoms with Crippen LogP contribution in [0.5, 0.6) is 0 Å². The molecule has 2 aromatic rings. The highest BCUT2D eigenvalue weighted by molar-refractivity contribution is 7.98. The fourth-order valence-corrected chi connectivity index (χ4v) is 4.84. The van der Waals surface area contributed by atoms with Crippen LogP contribution in [0.1, 0.15) is 36.8 Å². The molecule has 5 nitrogen and oxygen atoms in total. The Balaban J connectivity index is 1.28. The highest BCUT2D eigenvalue weighted by atomic mass is 32.2. The molecule has 0 aromatic heterocycles. The number of benzene rings is 2. The average molecular weight is 438 g/mol. The van der Waals surface area contributed by atoms with Gasteiger partial charge in [-0.15, -0.1) is 11.8 Å². The lowest BCUT2D eigenvalue weighted by Crippen LogP contribution is -2.32. The first kappa shape index (κ1) is 21.9. The van der Waals surface area contributed by atoms with E-state index in [-0.39, 0.29) is 24.2 Å². The highest BCUT2D eigenvalue weighted by Gasteiger charge is 2.35. The van der Waals surface area contributed by atoms with Gasteiger partial charge < -0.3 is 10.2 Å². The van der Waals surface area contributed by atoms with Gasteiger partial charge >= 0.3 is 0 Å². The fourth-order valence-electron chi connectivity index (χ4n) is 4.38. The third-order valence-electron chi connectivity index (χ3n) is 6.21. The zero-order valence-electron chi connectivity index (χ0n) is 18.2. The van der Waals surface area contributed by atoms with Crippen LogP contribution < -0.4 is 10.2 Å². The first-order valence-corrected chi connectivity index (χ1v) is 12.4. The molecule has 2 saturated heterocycles. The summed E-state index contributed by atoms with van der Waals surface area (Å²) < 4.78 is 0. The Morgan fingerprint density at radius 3 is 2.55 bits per heavy atom. The van der Waals surface area contributed by atoms with E-state index < -0.39 is 0 Å². The largest absolute Gasteiger partial charge is 0.352 e. The minimum Gasteiger partial charge on any atom is -0.352 e. The number of amides is 2. The Kier molecular flexibility index (Phi) is 7.30. The number of thioether (sulfide) groups is 1. The molecule has 2 fully saturated rings. The summed E-state index contributed by atoms with van der Waals surface area (Å²) >= 11 is 1.65. The van der Waals surface area contributed by atoms with Crippen molar-refractivity contribution in [2.24, 2.45) is 5.92 Å². The number of anilines is 1. The quantitative estimate of drug-likeness (QED) is 0.664. The van der Waals surface area contributed by atoms with Gasteiger partial charge in [0, 0.05) is 36.6 Å². The number of carbonyl (C=O) groups excluding carboxylic acids is 2. The lowest BCUT2D eigenvalue weighted by molar-refractivity contribution is -0.126. The molecule has 2 aliphatic heterocycles. The Hall–Kier alpha value is -2.31. The second kappa shape index (κ2) is 10.3. The fraction of sp³-hybridized carbons (Fsp3) is 0.440. The molecule has 0 spiro atoms. The Bertz CT molecular complexity index is 909. The van der Waals surface area contributed by atoms with Crippen molar-refractivity contribution in [1.82, 2.24) is 10.2 Å². The molecule has 4 rings (SSSR count). The van der Waals surface area contributed by atoms with Crippen LogP contribution in [0.3, 0.4) is 0 Å². The number of carbonyl (C=O) groups is 2. The molecule has 2 heterocycles. The van der Waals surface area contributed by atoms with Gasteiger partial charge in [0.05, 0.1) is 5.92 Å². The standard InChI is InChI=1S/C25H31N3O2S/c1-31-23-7-5-6-22(15-23)28-18-21(14-24(28)29)25(30)26-16-19-8-10-20(11-9-19)17-27-12-3-2-4-13-27/h5-11,15,21H,2-4,12-14,16-18H2,1H3,(H,26,30). The molecule has 0 aliphatic carbocycles. The van der Waals surface area contributed by atoms with Crippen LogP contribution >= 0.6 is 11.8 Å². The zero-order chi connectivity index (χ0) is 21.6. The number of rotatable bonds is 7. The van der Waals surface area contributed by atoms with Crippen molar-refractivity contribution >= 4 is 29.3 Å². The van der Waals surface area contributed by atoms with Crippen LogP contribution in [-0.2, 0) is 22.7 Å². The van der Waals surface area contributed by atoms with Gasteiger partial charge in [0.25, 0.3) is 0 Å². The molecule has 1 N–H and O–H groups in total. The molecule has 164 valence electrons. The van der Waals surface area contributed by atoms with Crippen LogP contribution in [0.2, 0.25) is 0 Å². The Morgan fingerprint density at radius 2 is 1.81 bits per heavy atom. The maximum atomic E-state index is 12.7. The van der Waals surface area contributed by atoms with Gasteiger partial charge in [-0.25, -0.2) is 0 Å². The summed E-state index contributed by atoms with van der Waals surface area (Å²) in [7, 11) is 0. The van der Waals surface area contributed by atoms with E-state index in [1.165, 1.54) is 37.9 Å². The normalized spacial score (nSPS) is 19.6. The summed E-state index contributed by atoms with van der Waals surface area (Å²) in [5, 5.41) is 3.02. The lowest BCUT2D eigenvalue weighted by Gasteiger charge is -2.26. The molecule has 0 radical (unpaired) electrons. The summed E-state index contributed by atoms with van der Waals surface area (Å²) in [6, 6.07) is 16.4. The molecule has 2 amide bonds. The summed E-state index contributed by atoms with van der Waals surface area (Å²) in [6.45, 7) is 4.32. The summed E-state index contributed by atoms with van der Waals surface area (Å²) in [4.78, 5) is 30.6. The number of piperidine rings is 1. The molecular weight excluding hydrogens is 406 g/mol. The third-order valence-corrected chi connectivity index (χ3v) is 6.93. The van der Waals surface area contributed by atoms with E-state index in [1.807, 2.05) is 30.5 Å². The zero-order valence-corrected chi connectivity index (χ0v) is 19.0. The molecule has 0 bridgehead atoms. The maximum Gasteiger partial charge on any atom is 0.227 e. The first-order chi connectivity index (χ1) is 15.1. The van der Waals surface area contributed by atoms with Crippen LogP contribution in [0, 0.1) is 5.92 Å². The number of likely N-dealkylation sites (tertiary alicyclic amines) is 1. The Morgan fingerprint density at radius 1 is 1.06 bits per heavy atom. The molecule has 2 aliphatic rings. The van der Waals surface area contributed by atoms with Crippen LogP contribution in [-0.4, -0.2) is 42.6 Å². The van der Waals surface area contributed by atoms with Crippen molar-refractivity contribution in [3.8, 4) is 0 Å². The van der Waals surface area contributed by atoms with Crippen molar-refractivity contribution in [2.75, 3.05) is 30.8 Å². The summed E-state index contributed by atoms with van der Waals surface area (Å²) in [6.07, 6.45) is 6.23. The highest BCUT2D eigenvalue weighted by Crippen LogP contribution is 2.28. The third kappa shape index (κ3) is 5.69. The Labute approximate surface area is 189 Å². The van der Waals surface area contributed by atoms with Crippen LogP contribution in [0.4, 0.5) is 5.69 Å². The number of nitrogens with zero attached hydrogens (tertiary/aromatic N) is 2. The topological polar surface area (TPSA) is 52.7 Å². The van der Waals surface area contributed by atoms with E-state index in [4.69, 9.17) is 0 Å². The summed E-state index contributed by atoms with van der Waals surface area (Å²) in [5.74, 6) is -0.335. The molecule has 1 unspecified atom stereocenters. The molecule has 6 heteroatoms. The van der Waals surface area contributed by atoms with E-state index in [0.29, 0.717) is 13.1 Å².